The van der Waals surface area contributed by atoms with Crippen molar-refractivity contribution in [2.24, 2.45) is 11.7 Å². The van der Waals surface area contributed by atoms with Crippen molar-refractivity contribution in [3.8, 4) is 0 Å². The van der Waals surface area contributed by atoms with Gasteiger partial charge in [-0.1, -0.05) is 13.8 Å². The fourth-order valence-corrected chi connectivity index (χ4v) is 3.10. The van der Waals surface area contributed by atoms with Crippen molar-refractivity contribution < 1.29 is 14.3 Å². The van der Waals surface area contributed by atoms with Crippen LogP contribution < -0.4 is 11.1 Å². The Morgan fingerprint density at radius 3 is 2.67 bits per heavy atom. The third-order valence-electron chi connectivity index (χ3n) is 3.57. The lowest BCUT2D eigenvalue weighted by molar-refractivity contribution is -0.118. The predicted molar refractivity (Wildman–Crippen MR) is 83.7 cm³/mol. The smallest absolute Gasteiger partial charge is 0.341 e. The van der Waals surface area contributed by atoms with E-state index in [9.17, 15) is 9.59 Å². The average molecular weight is 310 g/mol. The van der Waals surface area contributed by atoms with Gasteiger partial charge in [-0.05, 0) is 42.5 Å². The van der Waals surface area contributed by atoms with Crippen LogP contribution in [0.15, 0.2) is 5.38 Å². The number of thiophene rings is 1. The number of nitrogens with one attached hydrogen (secondary N) is 1. The van der Waals surface area contributed by atoms with E-state index in [2.05, 4.69) is 5.32 Å². The number of amides is 1. The topological polar surface area (TPSA) is 81.4 Å². The first kappa shape index (κ1) is 16.0. The monoisotopic (exact) mass is 310 g/mol. The van der Waals surface area contributed by atoms with E-state index >= 15 is 0 Å². The summed E-state index contributed by atoms with van der Waals surface area (Å²) in [5.74, 6) is -0.169. The molecule has 1 aromatic rings. The van der Waals surface area contributed by atoms with Gasteiger partial charge in [-0.25, -0.2) is 4.79 Å². The highest BCUT2D eigenvalue weighted by Crippen LogP contribution is 2.46. The molecule has 1 atom stereocenters. The molecule has 0 saturated heterocycles. The van der Waals surface area contributed by atoms with Gasteiger partial charge in [0.25, 0.3) is 0 Å². The zero-order chi connectivity index (χ0) is 15.6. The van der Waals surface area contributed by atoms with Gasteiger partial charge in [0.2, 0.25) is 5.91 Å². The van der Waals surface area contributed by atoms with Crippen LogP contribution in [0.5, 0.6) is 0 Å². The maximum absolute atomic E-state index is 12.2. The van der Waals surface area contributed by atoms with Gasteiger partial charge in [0.15, 0.2) is 0 Å². The molecule has 1 heterocycles. The molecule has 1 aliphatic rings. The lowest BCUT2D eigenvalue weighted by Crippen LogP contribution is -2.39. The largest absolute Gasteiger partial charge is 0.462 e. The van der Waals surface area contributed by atoms with Crippen molar-refractivity contribution in [3.63, 3.8) is 0 Å². The minimum Gasteiger partial charge on any atom is -0.462 e. The van der Waals surface area contributed by atoms with E-state index in [-0.39, 0.29) is 17.8 Å². The molecule has 116 valence electrons. The third-order valence-corrected chi connectivity index (χ3v) is 4.49. The minimum absolute atomic E-state index is 0.0407. The lowest BCUT2D eigenvalue weighted by atomic mass is 10.0. The number of hydrogen-bond donors (Lipinski definition) is 2. The minimum atomic E-state index is -0.591. The van der Waals surface area contributed by atoms with Gasteiger partial charge >= 0.3 is 5.97 Å². The maximum atomic E-state index is 12.2. The standard InChI is InChI=1S/C15H22N2O3S/c1-4-20-15(19)11-10(9-5-6-9)7-21-14(11)17-13(18)12(16)8(2)3/h7-9,12H,4-6,16H2,1-3H3,(H,17,18)/t12-/m0/s1. The summed E-state index contributed by atoms with van der Waals surface area (Å²) in [4.78, 5) is 24.3. The zero-order valence-electron chi connectivity index (χ0n) is 12.6. The number of esters is 1. The number of hydrogen-bond acceptors (Lipinski definition) is 5. The number of carbonyl (C=O) groups excluding carboxylic acids is 2. The van der Waals surface area contributed by atoms with Gasteiger partial charge in [-0.3, -0.25) is 4.79 Å². The van der Waals surface area contributed by atoms with E-state index in [1.165, 1.54) is 11.3 Å². The summed E-state index contributed by atoms with van der Waals surface area (Å²) in [6.07, 6.45) is 2.17. The summed E-state index contributed by atoms with van der Waals surface area (Å²) >= 11 is 1.37. The van der Waals surface area contributed by atoms with Crippen LogP contribution in [0.4, 0.5) is 5.00 Å². The molecule has 0 aromatic carbocycles. The number of anilines is 1. The van der Waals surface area contributed by atoms with Gasteiger partial charge in [0, 0.05) is 0 Å². The number of carbonyl (C=O) groups is 2. The molecule has 0 unspecified atom stereocenters. The second-order valence-corrected chi connectivity index (χ2v) is 6.53. The second kappa shape index (κ2) is 6.58. The highest BCUT2D eigenvalue weighted by molar-refractivity contribution is 7.15. The Hall–Kier alpha value is -1.40. The summed E-state index contributed by atoms with van der Waals surface area (Å²) in [6, 6.07) is -0.591. The van der Waals surface area contributed by atoms with Crippen molar-refractivity contribution in [2.45, 2.75) is 45.6 Å². The fourth-order valence-electron chi connectivity index (χ4n) is 2.07. The molecule has 3 N–H and O–H groups in total. The van der Waals surface area contributed by atoms with Crippen LogP contribution in [0.25, 0.3) is 0 Å². The van der Waals surface area contributed by atoms with Gasteiger partial charge in [-0.2, -0.15) is 0 Å². The molecule has 0 bridgehead atoms. The third kappa shape index (κ3) is 3.63. The van der Waals surface area contributed by atoms with Crippen molar-refractivity contribution in [1.29, 1.82) is 0 Å². The molecule has 1 aliphatic carbocycles. The molecule has 2 rings (SSSR count). The Morgan fingerprint density at radius 1 is 1.48 bits per heavy atom. The normalized spacial score (nSPS) is 15.9. The highest BCUT2D eigenvalue weighted by Gasteiger charge is 2.32. The first-order valence-corrected chi connectivity index (χ1v) is 8.18. The summed E-state index contributed by atoms with van der Waals surface area (Å²) in [5.41, 5.74) is 7.35. The van der Waals surface area contributed by atoms with Gasteiger partial charge < -0.3 is 15.8 Å². The van der Waals surface area contributed by atoms with Crippen molar-refractivity contribution in [1.82, 2.24) is 0 Å². The van der Waals surface area contributed by atoms with Crippen LogP contribution >= 0.6 is 11.3 Å². The average Bonchev–Trinajstić information content (AvgIpc) is 3.19. The zero-order valence-corrected chi connectivity index (χ0v) is 13.5. The van der Waals surface area contributed by atoms with E-state index in [1.54, 1.807) is 6.92 Å². The molecular weight excluding hydrogens is 288 g/mol. The Morgan fingerprint density at radius 2 is 2.14 bits per heavy atom. The molecule has 0 radical (unpaired) electrons. The number of nitrogens with two attached hydrogens (primary N) is 1. The van der Waals surface area contributed by atoms with E-state index < -0.39 is 6.04 Å². The van der Waals surface area contributed by atoms with Crippen LogP contribution in [0.1, 0.15) is 55.5 Å². The van der Waals surface area contributed by atoms with Gasteiger partial charge in [0.05, 0.1) is 18.2 Å². The summed E-state index contributed by atoms with van der Waals surface area (Å²) < 4.78 is 5.12. The molecule has 0 spiro atoms. The maximum Gasteiger partial charge on any atom is 0.341 e. The first-order valence-electron chi connectivity index (χ1n) is 7.30. The Bertz CT molecular complexity index is 535. The Balaban J connectivity index is 2.22. The van der Waals surface area contributed by atoms with Crippen molar-refractivity contribution in [3.05, 3.63) is 16.5 Å². The molecule has 6 heteroatoms. The van der Waals surface area contributed by atoms with Crippen LogP contribution in [0.3, 0.4) is 0 Å². The molecule has 1 fully saturated rings. The van der Waals surface area contributed by atoms with Crippen LogP contribution in [-0.2, 0) is 9.53 Å². The van der Waals surface area contributed by atoms with E-state index in [0.717, 1.165) is 18.4 Å². The molecule has 1 saturated carbocycles. The summed E-state index contributed by atoms with van der Waals surface area (Å²) in [6.45, 7) is 5.87. The molecule has 0 aliphatic heterocycles. The van der Waals surface area contributed by atoms with E-state index in [4.69, 9.17) is 10.5 Å². The van der Waals surface area contributed by atoms with Crippen molar-refractivity contribution >= 4 is 28.2 Å². The molecular formula is C15H22N2O3S. The first-order chi connectivity index (χ1) is 9.95. The Kier molecular flexibility index (Phi) is 5.00. The lowest BCUT2D eigenvalue weighted by Gasteiger charge is -2.15. The number of rotatable bonds is 6. The molecule has 1 aromatic heterocycles. The molecule has 21 heavy (non-hydrogen) atoms. The summed E-state index contributed by atoms with van der Waals surface area (Å²) in [5, 5.41) is 5.28. The van der Waals surface area contributed by atoms with Gasteiger partial charge in [0.1, 0.15) is 5.00 Å². The van der Waals surface area contributed by atoms with Crippen LogP contribution in [-0.4, -0.2) is 24.5 Å². The van der Waals surface area contributed by atoms with E-state index in [1.807, 2.05) is 19.2 Å². The summed E-state index contributed by atoms with van der Waals surface area (Å²) in [7, 11) is 0. The Labute approximate surface area is 128 Å². The van der Waals surface area contributed by atoms with Crippen LogP contribution in [0, 0.1) is 5.92 Å². The quantitative estimate of drug-likeness (QED) is 0.792. The van der Waals surface area contributed by atoms with Crippen LogP contribution in [0.2, 0.25) is 0 Å². The highest BCUT2D eigenvalue weighted by atomic mass is 32.1. The number of ether oxygens (including phenoxy) is 1. The van der Waals surface area contributed by atoms with E-state index in [0.29, 0.717) is 23.1 Å². The SMILES string of the molecule is CCOC(=O)c1c(C2CC2)csc1NC(=O)[C@@H](N)C(C)C. The molecule has 5 nitrogen and oxygen atoms in total. The van der Waals surface area contributed by atoms with Gasteiger partial charge in [-0.15, -0.1) is 11.3 Å². The molecule has 1 amide bonds. The predicted octanol–water partition coefficient (Wildman–Crippen LogP) is 2.72. The van der Waals surface area contributed by atoms with Crippen molar-refractivity contribution in [2.75, 3.05) is 11.9 Å². The second-order valence-electron chi connectivity index (χ2n) is 5.65. The fraction of sp³-hybridized carbons (Fsp3) is 0.600.